The molecule has 0 atom stereocenters. The number of phenolic OH excluding ortho intramolecular Hbond substituents is 1. The maximum absolute atomic E-state index is 11.9. The highest BCUT2D eigenvalue weighted by molar-refractivity contribution is 5.89. The third-order valence-corrected chi connectivity index (χ3v) is 3.84. The fourth-order valence-corrected chi connectivity index (χ4v) is 2.50. The van der Waals surface area contributed by atoms with Gasteiger partial charge in [-0.1, -0.05) is 36.4 Å². The van der Waals surface area contributed by atoms with Crippen molar-refractivity contribution in [3.63, 3.8) is 0 Å². The smallest absolute Gasteiger partial charge is 0.311 e. The number of hydrazone groups is 1. The highest BCUT2D eigenvalue weighted by Crippen LogP contribution is 2.27. The van der Waals surface area contributed by atoms with Crippen molar-refractivity contribution in [1.29, 1.82) is 0 Å². The van der Waals surface area contributed by atoms with Crippen LogP contribution in [0.15, 0.2) is 65.8 Å². The second-order valence-electron chi connectivity index (χ2n) is 5.68. The van der Waals surface area contributed by atoms with E-state index in [0.29, 0.717) is 0 Å². The summed E-state index contributed by atoms with van der Waals surface area (Å²) < 4.78 is 0. The third kappa shape index (κ3) is 4.37. The second kappa shape index (κ2) is 7.96. The van der Waals surface area contributed by atoms with Crippen LogP contribution in [0.3, 0.4) is 0 Å². The van der Waals surface area contributed by atoms with Crippen molar-refractivity contribution in [2.24, 2.45) is 5.10 Å². The molecule has 0 aliphatic carbocycles. The van der Waals surface area contributed by atoms with Crippen LogP contribution < -0.4 is 10.7 Å². The first kappa shape index (κ1) is 17.9. The van der Waals surface area contributed by atoms with Crippen LogP contribution in [0.25, 0.3) is 10.8 Å². The van der Waals surface area contributed by atoms with Gasteiger partial charge >= 0.3 is 5.69 Å². The number of benzene rings is 3. The summed E-state index contributed by atoms with van der Waals surface area (Å²) in [6, 6.07) is 17.7. The van der Waals surface area contributed by atoms with Gasteiger partial charge in [0.1, 0.15) is 0 Å². The minimum Gasteiger partial charge on any atom is -0.502 e. The highest BCUT2D eigenvalue weighted by Gasteiger charge is 2.15. The fourth-order valence-electron chi connectivity index (χ4n) is 2.50. The monoisotopic (exact) mass is 364 g/mol. The average Bonchev–Trinajstić information content (AvgIpc) is 2.67. The van der Waals surface area contributed by atoms with Gasteiger partial charge in [-0.25, -0.2) is 5.43 Å². The van der Waals surface area contributed by atoms with E-state index in [1.165, 1.54) is 18.2 Å². The van der Waals surface area contributed by atoms with Crippen LogP contribution >= 0.6 is 0 Å². The number of nitro groups is 1. The summed E-state index contributed by atoms with van der Waals surface area (Å²) in [5, 5.41) is 29.5. The molecule has 0 aliphatic rings. The quantitative estimate of drug-likeness (QED) is 0.353. The van der Waals surface area contributed by atoms with Gasteiger partial charge in [0.05, 0.1) is 17.7 Å². The molecule has 0 heterocycles. The first-order valence-electron chi connectivity index (χ1n) is 8.05. The van der Waals surface area contributed by atoms with Gasteiger partial charge in [0.25, 0.3) is 5.91 Å². The van der Waals surface area contributed by atoms with Gasteiger partial charge in [0.2, 0.25) is 5.75 Å². The summed E-state index contributed by atoms with van der Waals surface area (Å²) >= 11 is 0. The van der Waals surface area contributed by atoms with E-state index in [0.717, 1.165) is 22.7 Å². The van der Waals surface area contributed by atoms with Crippen molar-refractivity contribution >= 4 is 34.3 Å². The molecule has 3 aromatic carbocycles. The molecule has 1 amide bonds. The van der Waals surface area contributed by atoms with Crippen molar-refractivity contribution in [3.8, 4) is 5.75 Å². The molecule has 0 aliphatic heterocycles. The van der Waals surface area contributed by atoms with Crippen LogP contribution in [0.4, 0.5) is 11.4 Å². The zero-order valence-electron chi connectivity index (χ0n) is 14.1. The van der Waals surface area contributed by atoms with Gasteiger partial charge in [-0.2, -0.15) is 5.10 Å². The Hall–Kier alpha value is -3.94. The van der Waals surface area contributed by atoms with Crippen LogP contribution in [0.2, 0.25) is 0 Å². The first-order chi connectivity index (χ1) is 13.0. The molecule has 0 saturated carbocycles. The number of aromatic hydroxyl groups is 1. The third-order valence-electron chi connectivity index (χ3n) is 3.84. The number of phenols is 1. The Kier molecular flexibility index (Phi) is 5.27. The van der Waals surface area contributed by atoms with E-state index in [4.69, 9.17) is 0 Å². The normalized spacial score (nSPS) is 10.8. The Morgan fingerprint density at radius 3 is 2.67 bits per heavy atom. The lowest BCUT2D eigenvalue weighted by Gasteiger charge is -2.06. The zero-order chi connectivity index (χ0) is 19.2. The molecule has 136 valence electrons. The number of carbonyl (C=O) groups excluding carboxylic acids is 1. The van der Waals surface area contributed by atoms with Gasteiger partial charge in [0, 0.05) is 17.3 Å². The Balaban J connectivity index is 1.57. The highest BCUT2D eigenvalue weighted by atomic mass is 16.6. The minimum atomic E-state index is -0.696. The molecule has 0 bridgehead atoms. The molecule has 0 saturated heterocycles. The SMILES string of the molecule is O=C(CNc1ccc2ccccc2c1)N/N=C\c1cccc([N+](=O)[O-])c1O. The number of amides is 1. The molecule has 0 aromatic heterocycles. The molecule has 0 fully saturated rings. The van der Waals surface area contributed by atoms with E-state index < -0.39 is 22.3 Å². The average molecular weight is 364 g/mol. The van der Waals surface area contributed by atoms with Crippen molar-refractivity contribution in [1.82, 2.24) is 5.43 Å². The van der Waals surface area contributed by atoms with Gasteiger partial charge in [-0.3, -0.25) is 14.9 Å². The van der Waals surface area contributed by atoms with Crippen LogP contribution in [0.1, 0.15) is 5.56 Å². The van der Waals surface area contributed by atoms with E-state index in [1.807, 2.05) is 42.5 Å². The van der Waals surface area contributed by atoms with Crippen molar-refractivity contribution in [3.05, 3.63) is 76.3 Å². The van der Waals surface area contributed by atoms with Crippen LogP contribution in [-0.4, -0.2) is 28.7 Å². The molecular formula is C19H16N4O4. The lowest BCUT2D eigenvalue weighted by atomic mass is 10.1. The number of hydrogen-bond acceptors (Lipinski definition) is 6. The number of fused-ring (bicyclic) bond motifs is 1. The molecule has 27 heavy (non-hydrogen) atoms. The fraction of sp³-hybridized carbons (Fsp3) is 0.0526. The molecule has 0 unspecified atom stereocenters. The van der Waals surface area contributed by atoms with E-state index in [2.05, 4.69) is 15.8 Å². The van der Waals surface area contributed by atoms with Gasteiger partial charge < -0.3 is 10.4 Å². The summed E-state index contributed by atoms with van der Waals surface area (Å²) in [5.74, 6) is -0.904. The largest absolute Gasteiger partial charge is 0.502 e. The molecule has 3 rings (SSSR count). The number of para-hydroxylation sites is 1. The number of carbonyl (C=O) groups is 1. The lowest BCUT2D eigenvalue weighted by molar-refractivity contribution is -0.385. The summed E-state index contributed by atoms with van der Waals surface area (Å²) in [4.78, 5) is 22.0. The number of hydrogen-bond donors (Lipinski definition) is 3. The van der Waals surface area contributed by atoms with Crippen LogP contribution in [0.5, 0.6) is 5.75 Å². The van der Waals surface area contributed by atoms with E-state index in [9.17, 15) is 20.0 Å². The number of anilines is 1. The maximum atomic E-state index is 11.9. The van der Waals surface area contributed by atoms with Crippen molar-refractivity contribution in [2.45, 2.75) is 0 Å². The first-order valence-corrected chi connectivity index (χ1v) is 8.05. The maximum Gasteiger partial charge on any atom is 0.311 e. The predicted octanol–water partition coefficient (Wildman–Crippen LogP) is 3.02. The van der Waals surface area contributed by atoms with Gasteiger partial charge in [-0.15, -0.1) is 0 Å². The summed E-state index contributed by atoms with van der Waals surface area (Å²) in [6.45, 7) is -0.00337. The van der Waals surface area contributed by atoms with Gasteiger partial charge in [0.15, 0.2) is 0 Å². The molecule has 0 spiro atoms. The zero-order valence-corrected chi connectivity index (χ0v) is 14.1. The molecule has 8 nitrogen and oxygen atoms in total. The topological polar surface area (TPSA) is 117 Å². The number of nitrogens with zero attached hydrogens (tertiary/aromatic N) is 2. The van der Waals surface area contributed by atoms with Crippen LogP contribution in [0, 0.1) is 10.1 Å². The molecule has 3 N–H and O–H groups in total. The van der Waals surface area contributed by atoms with Crippen molar-refractivity contribution in [2.75, 3.05) is 11.9 Å². The Morgan fingerprint density at radius 2 is 1.89 bits per heavy atom. The minimum absolute atomic E-state index is 0.00337. The Morgan fingerprint density at radius 1 is 1.11 bits per heavy atom. The van der Waals surface area contributed by atoms with E-state index in [1.54, 1.807) is 0 Å². The number of nitro benzene ring substituents is 1. The number of rotatable bonds is 6. The van der Waals surface area contributed by atoms with Crippen LogP contribution in [-0.2, 0) is 4.79 Å². The summed E-state index contributed by atoms with van der Waals surface area (Å²) in [7, 11) is 0. The molecule has 0 radical (unpaired) electrons. The Labute approximate surface area is 154 Å². The van der Waals surface area contributed by atoms with Crippen molar-refractivity contribution < 1.29 is 14.8 Å². The molecular weight excluding hydrogens is 348 g/mol. The predicted molar refractivity (Wildman–Crippen MR) is 103 cm³/mol. The molecule has 3 aromatic rings. The lowest BCUT2D eigenvalue weighted by Crippen LogP contribution is -2.25. The summed E-state index contributed by atoms with van der Waals surface area (Å²) in [5.41, 5.74) is 2.80. The summed E-state index contributed by atoms with van der Waals surface area (Å²) in [6.07, 6.45) is 1.15. The number of nitrogens with one attached hydrogen (secondary N) is 2. The standard InChI is InChI=1S/C19H16N4O4/c24-18(12-20-16-9-8-13-4-1-2-5-14(13)10-16)22-21-11-15-6-3-7-17(19(15)25)23(26)27/h1-11,20,25H,12H2,(H,22,24)/b21-11-. The van der Waals surface area contributed by atoms with Gasteiger partial charge in [-0.05, 0) is 29.0 Å². The molecule has 8 heteroatoms. The second-order valence-corrected chi connectivity index (χ2v) is 5.68. The van der Waals surface area contributed by atoms with E-state index >= 15 is 0 Å². The Bertz CT molecular complexity index is 1030. The van der Waals surface area contributed by atoms with E-state index in [-0.39, 0.29) is 12.1 Å².